The molecule has 4 aromatic rings. The van der Waals surface area contributed by atoms with E-state index in [2.05, 4.69) is 10.1 Å². The number of piperidine rings is 1. The van der Waals surface area contributed by atoms with Crippen molar-refractivity contribution >= 4 is 16.9 Å². The van der Waals surface area contributed by atoms with E-state index in [1.165, 1.54) is 33.9 Å². The molecule has 1 fully saturated rings. The van der Waals surface area contributed by atoms with Crippen molar-refractivity contribution in [1.29, 1.82) is 0 Å². The number of likely N-dealkylation sites (tertiary alicyclic amines) is 1. The smallest absolute Gasteiger partial charge is 0.264 e. The number of aliphatic hydroxyl groups is 1. The molecular formula is C27H28FN5O3. The molecule has 3 heterocycles. The topological polar surface area (TPSA) is 93.2 Å². The summed E-state index contributed by atoms with van der Waals surface area (Å²) in [5.74, 6) is -0.175. The van der Waals surface area contributed by atoms with Gasteiger partial charge in [-0.2, -0.15) is 5.10 Å². The average Bonchev–Trinajstić information content (AvgIpc) is 3.32. The fourth-order valence-corrected chi connectivity index (χ4v) is 4.77. The molecule has 36 heavy (non-hydrogen) atoms. The molecule has 1 atom stereocenters. The van der Waals surface area contributed by atoms with Gasteiger partial charge in [-0.3, -0.25) is 14.2 Å². The zero-order valence-electron chi connectivity index (χ0n) is 20.0. The van der Waals surface area contributed by atoms with Gasteiger partial charge in [-0.15, -0.1) is 0 Å². The van der Waals surface area contributed by atoms with Gasteiger partial charge in [-0.25, -0.2) is 14.1 Å². The average molecular weight is 490 g/mol. The Morgan fingerprint density at radius 3 is 2.50 bits per heavy atom. The van der Waals surface area contributed by atoms with Crippen LogP contribution in [0.15, 0.2) is 71.9 Å². The minimum Gasteiger partial charge on any atom is -0.388 e. The zero-order valence-corrected chi connectivity index (χ0v) is 20.0. The molecule has 2 aromatic heterocycles. The normalized spacial score (nSPS) is 16.2. The van der Waals surface area contributed by atoms with Gasteiger partial charge < -0.3 is 10.0 Å². The summed E-state index contributed by atoms with van der Waals surface area (Å²) >= 11 is 0. The molecule has 0 aliphatic carbocycles. The Morgan fingerprint density at radius 2 is 1.81 bits per heavy atom. The minimum absolute atomic E-state index is 0.0712. The Morgan fingerprint density at radius 1 is 1.11 bits per heavy atom. The van der Waals surface area contributed by atoms with Gasteiger partial charge in [0.2, 0.25) is 5.91 Å². The molecule has 0 unspecified atom stereocenters. The molecule has 1 amide bonds. The van der Waals surface area contributed by atoms with Crippen LogP contribution in [0.3, 0.4) is 0 Å². The Balaban J connectivity index is 1.25. The van der Waals surface area contributed by atoms with Crippen LogP contribution in [0.4, 0.5) is 4.39 Å². The summed E-state index contributed by atoms with van der Waals surface area (Å²) < 4.78 is 16.1. The summed E-state index contributed by atoms with van der Waals surface area (Å²) in [6.45, 7) is 2.99. The molecule has 8 nitrogen and oxygen atoms in total. The number of hydrogen-bond acceptors (Lipinski definition) is 5. The lowest BCUT2D eigenvalue weighted by atomic mass is 9.90. The molecule has 1 saturated heterocycles. The summed E-state index contributed by atoms with van der Waals surface area (Å²) in [6, 6.07) is 15.7. The molecule has 5 rings (SSSR count). The number of carbonyl (C=O) groups is 1. The highest BCUT2D eigenvalue weighted by atomic mass is 19.1. The van der Waals surface area contributed by atoms with Gasteiger partial charge in [0, 0.05) is 19.5 Å². The van der Waals surface area contributed by atoms with Crippen LogP contribution < -0.4 is 5.56 Å². The molecule has 0 bridgehead atoms. The van der Waals surface area contributed by atoms with Crippen LogP contribution in [-0.2, 0) is 11.3 Å². The fraction of sp³-hybridized carbons (Fsp3) is 0.333. The van der Waals surface area contributed by atoms with E-state index in [-0.39, 0.29) is 29.7 Å². The number of nitrogens with zero attached hydrogens (tertiary/aromatic N) is 5. The van der Waals surface area contributed by atoms with E-state index in [1.54, 1.807) is 17.0 Å². The van der Waals surface area contributed by atoms with Crippen LogP contribution in [0.1, 0.15) is 37.7 Å². The maximum Gasteiger partial charge on any atom is 0.264 e. The quantitative estimate of drug-likeness (QED) is 0.449. The molecule has 1 N–H and O–H groups in total. The Labute approximate surface area is 207 Å². The molecule has 0 saturated carbocycles. The van der Waals surface area contributed by atoms with Crippen molar-refractivity contribution in [2.45, 2.75) is 44.2 Å². The number of aromatic nitrogens is 4. The third-order valence-corrected chi connectivity index (χ3v) is 6.99. The molecule has 9 heteroatoms. The van der Waals surface area contributed by atoms with Crippen LogP contribution in [-0.4, -0.2) is 53.9 Å². The van der Waals surface area contributed by atoms with Gasteiger partial charge >= 0.3 is 0 Å². The van der Waals surface area contributed by atoms with Crippen LogP contribution in [0.25, 0.3) is 16.7 Å². The molecule has 2 aromatic carbocycles. The van der Waals surface area contributed by atoms with E-state index in [0.717, 1.165) is 5.56 Å². The third-order valence-electron chi connectivity index (χ3n) is 6.99. The SMILES string of the molecule is C[C@H](CC(=O)N1CCC(O)(Cn2cnc3c(cnn3-c3ccc(F)cc3)c2=O)CC1)c1ccccc1. The predicted molar refractivity (Wildman–Crippen MR) is 133 cm³/mol. The van der Waals surface area contributed by atoms with Gasteiger partial charge in [0.1, 0.15) is 17.5 Å². The summed E-state index contributed by atoms with van der Waals surface area (Å²) in [5, 5.41) is 15.8. The van der Waals surface area contributed by atoms with E-state index in [4.69, 9.17) is 0 Å². The van der Waals surface area contributed by atoms with Gasteiger partial charge in [0.05, 0.1) is 24.0 Å². The number of benzene rings is 2. The van der Waals surface area contributed by atoms with Crippen molar-refractivity contribution in [3.63, 3.8) is 0 Å². The third kappa shape index (κ3) is 4.79. The Bertz CT molecular complexity index is 1420. The Kier molecular flexibility index (Phi) is 6.40. The monoisotopic (exact) mass is 489 g/mol. The highest BCUT2D eigenvalue weighted by molar-refractivity contribution is 5.77. The van der Waals surface area contributed by atoms with Crippen LogP contribution >= 0.6 is 0 Å². The summed E-state index contributed by atoms with van der Waals surface area (Å²) in [5.41, 5.74) is 0.658. The van der Waals surface area contributed by atoms with Crippen molar-refractivity contribution in [3.05, 3.63) is 88.9 Å². The maximum atomic E-state index is 13.3. The first kappa shape index (κ1) is 23.9. The Hall–Kier alpha value is -3.85. The molecule has 0 radical (unpaired) electrons. The van der Waals surface area contributed by atoms with Gasteiger partial charge in [0.25, 0.3) is 5.56 Å². The van der Waals surface area contributed by atoms with Crippen LogP contribution in [0, 0.1) is 5.82 Å². The number of carbonyl (C=O) groups excluding carboxylic acids is 1. The number of halogens is 1. The first-order valence-electron chi connectivity index (χ1n) is 12.1. The molecule has 1 aliphatic heterocycles. The lowest BCUT2D eigenvalue weighted by Gasteiger charge is -2.38. The number of amides is 1. The largest absolute Gasteiger partial charge is 0.388 e. The maximum absolute atomic E-state index is 13.3. The molecule has 186 valence electrons. The number of fused-ring (bicyclic) bond motifs is 1. The summed E-state index contributed by atoms with van der Waals surface area (Å²) in [4.78, 5) is 32.1. The van der Waals surface area contributed by atoms with E-state index in [9.17, 15) is 19.1 Å². The van der Waals surface area contributed by atoms with E-state index in [0.29, 0.717) is 49.1 Å². The van der Waals surface area contributed by atoms with Crippen LogP contribution in [0.5, 0.6) is 0 Å². The lowest BCUT2D eigenvalue weighted by molar-refractivity contribution is -0.136. The number of rotatable bonds is 6. The standard InChI is InChI=1S/C27H28FN5O3/c1-19(20-5-3-2-4-6-20)15-24(34)31-13-11-27(36,12-14-31)17-32-18-29-25-23(26(32)35)16-30-33(25)22-9-7-21(28)8-10-22/h2-10,16,18-19,36H,11-15,17H2,1H3/t19-/m1/s1. The molecule has 0 spiro atoms. The second kappa shape index (κ2) is 9.66. The summed E-state index contributed by atoms with van der Waals surface area (Å²) in [6.07, 6.45) is 4.00. The van der Waals surface area contributed by atoms with Crippen molar-refractivity contribution in [3.8, 4) is 5.69 Å². The molecule has 1 aliphatic rings. The lowest BCUT2D eigenvalue weighted by Crippen LogP contribution is -2.49. The van der Waals surface area contributed by atoms with Gasteiger partial charge in [-0.1, -0.05) is 37.3 Å². The summed E-state index contributed by atoms with van der Waals surface area (Å²) in [7, 11) is 0. The highest BCUT2D eigenvalue weighted by Crippen LogP contribution is 2.26. The van der Waals surface area contributed by atoms with E-state index in [1.807, 2.05) is 37.3 Å². The minimum atomic E-state index is -1.12. The van der Waals surface area contributed by atoms with Gasteiger partial charge in [0.15, 0.2) is 5.65 Å². The van der Waals surface area contributed by atoms with Crippen molar-refractivity contribution in [1.82, 2.24) is 24.2 Å². The van der Waals surface area contributed by atoms with E-state index < -0.39 is 5.60 Å². The zero-order chi connectivity index (χ0) is 25.3. The van der Waals surface area contributed by atoms with Gasteiger partial charge in [-0.05, 0) is 48.6 Å². The van der Waals surface area contributed by atoms with Crippen molar-refractivity contribution in [2.24, 2.45) is 0 Å². The van der Waals surface area contributed by atoms with Crippen molar-refractivity contribution in [2.75, 3.05) is 13.1 Å². The number of hydrogen-bond donors (Lipinski definition) is 1. The predicted octanol–water partition coefficient (Wildman–Crippen LogP) is 3.27. The van der Waals surface area contributed by atoms with Crippen LogP contribution in [0.2, 0.25) is 0 Å². The first-order valence-corrected chi connectivity index (χ1v) is 12.1. The fourth-order valence-electron chi connectivity index (χ4n) is 4.77. The van der Waals surface area contributed by atoms with Crippen molar-refractivity contribution < 1.29 is 14.3 Å². The molecular weight excluding hydrogens is 461 g/mol. The second-order valence-electron chi connectivity index (χ2n) is 9.57. The second-order valence-corrected chi connectivity index (χ2v) is 9.57. The first-order chi connectivity index (χ1) is 17.3. The van der Waals surface area contributed by atoms with E-state index >= 15 is 0 Å². The highest BCUT2D eigenvalue weighted by Gasteiger charge is 2.35.